The van der Waals surface area contributed by atoms with E-state index < -0.39 is 17.3 Å². The summed E-state index contributed by atoms with van der Waals surface area (Å²) in [5, 5.41) is 14.0. The van der Waals surface area contributed by atoms with Crippen LogP contribution >= 0.6 is 15.9 Å². The fourth-order valence-corrected chi connectivity index (χ4v) is 1.56. The smallest absolute Gasteiger partial charge is 0.252 e. The third-order valence-corrected chi connectivity index (χ3v) is 2.96. The maximum Gasteiger partial charge on any atom is 0.252 e. The maximum atomic E-state index is 13.0. The van der Waals surface area contributed by atoms with Crippen LogP contribution < -0.4 is 11.1 Å². The molecule has 98 valence electrons. The SMILES string of the molecule is CC(C)(NC(=O)c1ccc(F)c(Br)c1)/C(N)=N/O. The lowest BCUT2D eigenvalue weighted by Crippen LogP contribution is -2.53. The number of rotatable bonds is 3. The van der Waals surface area contributed by atoms with E-state index in [-0.39, 0.29) is 15.9 Å². The Morgan fingerprint density at radius 2 is 2.17 bits per heavy atom. The zero-order valence-electron chi connectivity index (χ0n) is 9.87. The standard InChI is InChI=1S/C11H13BrFN3O2/c1-11(2,10(14)16-18)15-9(17)6-3-4-8(13)7(12)5-6/h3-5,18H,1-2H3,(H2,14,16)(H,15,17). The molecule has 1 rings (SSSR count). The molecule has 4 N–H and O–H groups in total. The molecule has 18 heavy (non-hydrogen) atoms. The molecule has 0 aromatic heterocycles. The van der Waals surface area contributed by atoms with E-state index in [0.29, 0.717) is 0 Å². The van der Waals surface area contributed by atoms with Crippen LogP contribution in [0.1, 0.15) is 24.2 Å². The quantitative estimate of drug-likeness (QED) is 0.344. The molecule has 0 fully saturated rings. The second kappa shape index (κ2) is 5.34. The fourth-order valence-electron chi connectivity index (χ4n) is 1.18. The van der Waals surface area contributed by atoms with Crippen LogP contribution in [0.4, 0.5) is 4.39 Å². The molecule has 0 aliphatic heterocycles. The number of hydrogen-bond donors (Lipinski definition) is 3. The molecule has 0 bridgehead atoms. The van der Waals surface area contributed by atoms with E-state index in [1.807, 2.05) is 0 Å². The lowest BCUT2D eigenvalue weighted by atomic mass is 10.0. The number of amides is 1. The topological polar surface area (TPSA) is 87.7 Å². The molecule has 0 heterocycles. The van der Waals surface area contributed by atoms with Crippen LogP contribution in [-0.2, 0) is 0 Å². The van der Waals surface area contributed by atoms with Crippen LogP contribution in [0.3, 0.4) is 0 Å². The average Bonchev–Trinajstić information content (AvgIpc) is 2.30. The molecule has 1 amide bonds. The maximum absolute atomic E-state index is 13.0. The van der Waals surface area contributed by atoms with Crippen LogP contribution in [0, 0.1) is 5.82 Å². The van der Waals surface area contributed by atoms with Gasteiger partial charge in [0.25, 0.3) is 5.91 Å². The van der Waals surface area contributed by atoms with Gasteiger partial charge < -0.3 is 16.3 Å². The molecule has 7 heteroatoms. The summed E-state index contributed by atoms with van der Waals surface area (Å²) >= 11 is 2.99. The van der Waals surface area contributed by atoms with Crippen LogP contribution in [0.5, 0.6) is 0 Å². The predicted molar refractivity (Wildman–Crippen MR) is 69.1 cm³/mol. The molecular weight excluding hydrogens is 305 g/mol. The summed E-state index contributed by atoms with van der Waals surface area (Å²) in [6, 6.07) is 3.88. The van der Waals surface area contributed by atoms with Gasteiger partial charge in [-0.2, -0.15) is 0 Å². The first-order valence-corrected chi connectivity index (χ1v) is 5.83. The Balaban J connectivity index is 2.92. The highest BCUT2D eigenvalue weighted by molar-refractivity contribution is 9.10. The van der Waals surface area contributed by atoms with E-state index in [0.717, 1.165) is 0 Å². The fraction of sp³-hybridized carbons (Fsp3) is 0.273. The molecule has 5 nitrogen and oxygen atoms in total. The number of halogens is 2. The molecule has 0 aliphatic rings. The summed E-state index contributed by atoms with van der Waals surface area (Å²) in [6.07, 6.45) is 0. The number of nitrogens with zero attached hydrogens (tertiary/aromatic N) is 1. The summed E-state index contributed by atoms with van der Waals surface area (Å²) in [4.78, 5) is 11.9. The van der Waals surface area contributed by atoms with Crippen molar-refractivity contribution in [3.63, 3.8) is 0 Å². The number of amidine groups is 1. The zero-order valence-corrected chi connectivity index (χ0v) is 11.5. The van der Waals surface area contributed by atoms with Crippen LogP contribution in [0.15, 0.2) is 27.8 Å². The van der Waals surface area contributed by atoms with Crippen molar-refractivity contribution in [1.29, 1.82) is 0 Å². The largest absolute Gasteiger partial charge is 0.409 e. The van der Waals surface area contributed by atoms with Gasteiger partial charge in [-0.15, -0.1) is 0 Å². The van der Waals surface area contributed by atoms with Crippen molar-refractivity contribution in [2.24, 2.45) is 10.9 Å². The third kappa shape index (κ3) is 3.19. The Kier molecular flexibility index (Phi) is 4.28. The third-order valence-electron chi connectivity index (χ3n) is 2.36. The predicted octanol–water partition coefficient (Wildman–Crippen LogP) is 1.84. The van der Waals surface area contributed by atoms with Gasteiger partial charge in [0.05, 0.1) is 10.0 Å². The molecule has 1 aromatic carbocycles. The minimum atomic E-state index is -1.01. The van der Waals surface area contributed by atoms with Crippen LogP contribution in [0.2, 0.25) is 0 Å². The van der Waals surface area contributed by atoms with Gasteiger partial charge in [-0.25, -0.2) is 4.39 Å². The molecule has 0 saturated heterocycles. The van der Waals surface area contributed by atoms with Crippen molar-refractivity contribution >= 4 is 27.7 Å². The van der Waals surface area contributed by atoms with Gasteiger partial charge in [0.15, 0.2) is 5.84 Å². The van der Waals surface area contributed by atoms with Gasteiger partial charge >= 0.3 is 0 Å². The molecule has 0 aliphatic carbocycles. The highest BCUT2D eigenvalue weighted by atomic mass is 79.9. The van der Waals surface area contributed by atoms with Gasteiger partial charge in [-0.05, 0) is 48.0 Å². The van der Waals surface area contributed by atoms with E-state index >= 15 is 0 Å². The summed E-state index contributed by atoms with van der Waals surface area (Å²) in [7, 11) is 0. The number of hydrogen-bond acceptors (Lipinski definition) is 3. The minimum absolute atomic E-state index is 0.128. The van der Waals surface area contributed by atoms with Gasteiger partial charge in [0.2, 0.25) is 0 Å². The van der Waals surface area contributed by atoms with E-state index in [2.05, 4.69) is 26.4 Å². The van der Waals surface area contributed by atoms with Crippen LogP contribution in [0.25, 0.3) is 0 Å². The van der Waals surface area contributed by atoms with E-state index in [9.17, 15) is 9.18 Å². The Bertz CT molecular complexity index is 503. The van der Waals surface area contributed by atoms with E-state index in [1.165, 1.54) is 18.2 Å². The second-order valence-electron chi connectivity index (χ2n) is 4.19. The second-order valence-corrected chi connectivity index (χ2v) is 5.05. The Morgan fingerprint density at radius 3 is 2.67 bits per heavy atom. The summed E-state index contributed by atoms with van der Waals surface area (Å²) < 4.78 is 13.2. The summed E-state index contributed by atoms with van der Waals surface area (Å²) in [5.74, 6) is -1.04. The molecule has 1 aromatic rings. The van der Waals surface area contributed by atoms with Crippen molar-refractivity contribution in [2.75, 3.05) is 0 Å². The monoisotopic (exact) mass is 317 g/mol. The lowest BCUT2D eigenvalue weighted by Gasteiger charge is -2.24. The van der Waals surface area contributed by atoms with Gasteiger partial charge in [-0.3, -0.25) is 4.79 Å². The Labute approximate surface area is 112 Å². The van der Waals surface area contributed by atoms with Gasteiger partial charge in [0.1, 0.15) is 5.82 Å². The Hall–Kier alpha value is -1.63. The van der Waals surface area contributed by atoms with Crippen molar-refractivity contribution < 1.29 is 14.4 Å². The zero-order chi connectivity index (χ0) is 13.9. The minimum Gasteiger partial charge on any atom is -0.409 e. The summed E-state index contributed by atoms with van der Waals surface area (Å²) in [5.41, 5.74) is 4.71. The molecule has 0 atom stereocenters. The average molecular weight is 318 g/mol. The highest BCUT2D eigenvalue weighted by Crippen LogP contribution is 2.17. The van der Waals surface area contributed by atoms with Gasteiger partial charge in [0, 0.05) is 5.56 Å². The van der Waals surface area contributed by atoms with Crippen molar-refractivity contribution in [1.82, 2.24) is 5.32 Å². The van der Waals surface area contributed by atoms with Crippen molar-refractivity contribution in [3.05, 3.63) is 34.1 Å². The molecule has 0 unspecified atom stereocenters. The highest BCUT2D eigenvalue weighted by Gasteiger charge is 2.26. The number of nitrogens with one attached hydrogen (secondary N) is 1. The summed E-state index contributed by atoms with van der Waals surface area (Å²) in [6.45, 7) is 3.16. The van der Waals surface area contributed by atoms with E-state index in [4.69, 9.17) is 10.9 Å². The van der Waals surface area contributed by atoms with Crippen molar-refractivity contribution in [2.45, 2.75) is 19.4 Å². The number of carbonyl (C=O) groups is 1. The van der Waals surface area contributed by atoms with E-state index in [1.54, 1.807) is 13.8 Å². The van der Waals surface area contributed by atoms with Crippen molar-refractivity contribution in [3.8, 4) is 0 Å². The number of nitrogens with two attached hydrogens (primary N) is 1. The molecule has 0 saturated carbocycles. The lowest BCUT2D eigenvalue weighted by molar-refractivity contribution is 0.0930. The molecule has 0 radical (unpaired) electrons. The Morgan fingerprint density at radius 1 is 1.56 bits per heavy atom. The first kappa shape index (κ1) is 14.4. The first-order valence-electron chi connectivity index (χ1n) is 5.03. The normalized spacial score (nSPS) is 12.3. The molecule has 0 spiro atoms. The van der Waals surface area contributed by atoms with Gasteiger partial charge in [-0.1, -0.05) is 5.16 Å². The number of benzene rings is 1. The first-order chi connectivity index (χ1) is 8.27. The molecular formula is C11H13BrFN3O2. The number of oxime groups is 1. The number of carbonyl (C=O) groups excluding carboxylic acids is 1. The van der Waals surface area contributed by atoms with Crippen LogP contribution in [-0.4, -0.2) is 22.5 Å².